The molecule has 10 heteroatoms. The highest BCUT2D eigenvalue weighted by Crippen LogP contribution is 2.23. The maximum atomic E-state index is 12.2. The molecule has 0 unspecified atom stereocenters. The SMILES string of the molecule is O=C(CSc1nnc(CNc2ccc(I)cc2)n1-c1ccccc1)N/N=C\c1cccs1. The van der Waals surface area contributed by atoms with Crippen LogP contribution in [0.15, 0.2) is 82.4 Å². The second-order valence-corrected chi connectivity index (χ2v) is 9.69. The summed E-state index contributed by atoms with van der Waals surface area (Å²) < 4.78 is 3.14. The van der Waals surface area contributed by atoms with Crippen molar-refractivity contribution in [3.05, 3.63) is 86.4 Å². The van der Waals surface area contributed by atoms with E-state index in [-0.39, 0.29) is 11.7 Å². The first kappa shape index (κ1) is 22.5. The van der Waals surface area contributed by atoms with Crippen LogP contribution in [0.5, 0.6) is 0 Å². The number of hydrogen-bond donors (Lipinski definition) is 2. The van der Waals surface area contributed by atoms with E-state index in [1.54, 1.807) is 17.6 Å². The van der Waals surface area contributed by atoms with Crippen molar-refractivity contribution < 1.29 is 4.79 Å². The van der Waals surface area contributed by atoms with Gasteiger partial charge in [-0.05, 0) is 70.4 Å². The average molecular weight is 574 g/mol. The predicted octanol–water partition coefficient (Wildman–Crippen LogP) is 4.79. The number of nitrogens with one attached hydrogen (secondary N) is 2. The van der Waals surface area contributed by atoms with Gasteiger partial charge in [-0.2, -0.15) is 5.10 Å². The quantitative estimate of drug-likeness (QED) is 0.130. The van der Waals surface area contributed by atoms with Crippen LogP contribution in [0.4, 0.5) is 5.69 Å². The van der Waals surface area contributed by atoms with Gasteiger partial charge in [0.05, 0.1) is 18.5 Å². The minimum absolute atomic E-state index is 0.178. The van der Waals surface area contributed by atoms with E-state index in [1.807, 2.05) is 76.7 Å². The highest BCUT2D eigenvalue weighted by Gasteiger charge is 2.15. The summed E-state index contributed by atoms with van der Waals surface area (Å²) in [5.41, 5.74) is 4.50. The number of para-hydroxylation sites is 1. The van der Waals surface area contributed by atoms with Crippen LogP contribution in [0.25, 0.3) is 5.69 Å². The fraction of sp³-hybridized carbons (Fsp3) is 0.0909. The van der Waals surface area contributed by atoms with E-state index in [2.05, 4.69) is 48.6 Å². The summed E-state index contributed by atoms with van der Waals surface area (Å²) in [7, 11) is 0. The molecule has 0 fully saturated rings. The zero-order chi connectivity index (χ0) is 22.2. The average Bonchev–Trinajstić information content (AvgIpc) is 3.48. The molecule has 32 heavy (non-hydrogen) atoms. The van der Waals surface area contributed by atoms with Crippen molar-refractivity contribution in [2.24, 2.45) is 5.10 Å². The highest BCUT2D eigenvalue weighted by molar-refractivity contribution is 14.1. The number of nitrogens with zero attached hydrogens (tertiary/aromatic N) is 4. The van der Waals surface area contributed by atoms with Crippen molar-refractivity contribution in [3.8, 4) is 5.69 Å². The number of hydrazone groups is 1. The number of anilines is 1. The molecule has 2 aromatic carbocycles. The molecule has 162 valence electrons. The first-order valence-electron chi connectivity index (χ1n) is 9.66. The lowest BCUT2D eigenvalue weighted by Crippen LogP contribution is -2.20. The first-order chi connectivity index (χ1) is 15.7. The number of carbonyl (C=O) groups is 1. The van der Waals surface area contributed by atoms with E-state index in [0.29, 0.717) is 11.7 Å². The molecule has 4 rings (SSSR count). The Morgan fingerprint density at radius 1 is 1.09 bits per heavy atom. The van der Waals surface area contributed by atoms with Gasteiger partial charge in [0.15, 0.2) is 11.0 Å². The maximum Gasteiger partial charge on any atom is 0.250 e. The van der Waals surface area contributed by atoms with Crippen LogP contribution in [0.1, 0.15) is 10.7 Å². The molecule has 0 bridgehead atoms. The Labute approximate surface area is 207 Å². The number of aromatic nitrogens is 3. The molecule has 0 saturated carbocycles. The van der Waals surface area contributed by atoms with Crippen LogP contribution in [-0.4, -0.2) is 32.6 Å². The number of hydrogen-bond acceptors (Lipinski definition) is 7. The minimum Gasteiger partial charge on any atom is -0.378 e. The Kier molecular flexibility index (Phi) is 7.91. The lowest BCUT2D eigenvalue weighted by molar-refractivity contribution is -0.118. The lowest BCUT2D eigenvalue weighted by atomic mass is 10.3. The fourth-order valence-corrected chi connectivity index (χ4v) is 4.50. The second-order valence-electron chi connectivity index (χ2n) is 6.53. The normalized spacial score (nSPS) is 11.0. The van der Waals surface area contributed by atoms with Crippen LogP contribution in [-0.2, 0) is 11.3 Å². The van der Waals surface area contributed by atoms with Gasteiger partial charge < -0.3 is 5.32 Å². The third-order valence-electron chi connectivity index (χ3n) is 4.27. The first-order valence-corrected chi connectivity index (χ1v) is 12.6. The lowest BCUT2D eigenvalue weighted by Gasteiger charge is -2.11. The second kappa shape index (κ2) is 11.2. The summed E-state index contributed by atoms with van der Waals surface area (Å²) in [5.74, 6) is 0.731. The van der Waals surface area contributed by atoms with Gasteiger partial charge in [-0.3, -0.25) is 9.36 Å². The number of halogens is 1. The van der Waals surface area contributed by atoms with Gasteiger partial charge >= 0.3 is 0 Å². The third-order valence-corrected chi connectivity index (χ3v) is 6.72. The number of carbonyl (C=O) groups excluding carboxylic acids is 1. The minimum atomic E-state index is -0.205. The summed E-state index contributed by atoms with van der Waals surface area (Å²) in [5, 5.41) is 18.7. The number of thioether (sulfide) groups is 1. The summed E-state index contributed by atoms with van der Waals surface area (Å²) in [4.78, 5) is 13.2. The standard InChI is InChI=1S/C22H19IN6OS2/c23-16-8-10-17(11-9-16)24-14-20-26-28-22(29(20)18-5-2-1-3-6-18)32-15-21(30)27-25-13-19-7-4-12-31-19/h1-13,24H,14-15H2,(H,27,30)/b25-13-. The molecule has 0 atom stereocenters. The molecule has 2 heterocycles. The van der Waals surface area contributed by atoms with E-state index in [0.717, 1.165) is 22.1 Å². The van der Waals surface area contributed by atoms with E-state index < -0.39 is 0 Å². The summed E-state index contributed by atoms with van der Waals surface area (Å²) in [6.07, 6.45) is 1.63. The van der Waals surface area contributed by atoms with Crippen LogP contribution in [0.2, 0.25) is 0 Å². The maximum absolute atomic E-state index is 12.2. The predicted molar refractivity (Wildman–Crippen MR) is 139 cm³/mol. The fourth-order valence-electron chi connectivity index (χ4n) is 2.79. The molecule has 0 radical (unpaired) electrons. The van der Waals surface area contributed by atoms with Crippen LogP contribution < -0.4 is 10.7 Å². The molecular weight excluding hydrogens is 555 g/mol. The smallest absolute Gasteiger partial charge is 0.250 e. The molecular formula is C22H19IN6OS2. The molecule has 2 N–H and O–H groups in total. The van der Waals surface area contributed by atoms with Gasteiger partial charge in [0.1, 0.15) is 0 Å². The van der Waals surface area contributed by atoms with Crippen molar-refractivity contribution in [1.29, 1.82) is 0 Å². The Balaban J connectivity index is 1.44. The van der Waals surface area contributed by atoms with Gasteiger partial charge in [-0.25, -0.2) is 5.43 Å². The van der Waals surface area contributed by atoms with Crippen molar-refractivity contribution >= 4 is 63.5 Å². The van der Waals surface area contributed by atoms with E-state index in [1.165, 1.54) is 15.3 Å². The number of amides is 1. The summed E-state index contributed by atoms with van der Waals surface area (Å²) in [6, 6.07) is 21.9. The van der Waals surface area contributed by atoms with Crippen LogP contribution in [0, 0.1) is 3.57 Å². The molecule has 7 nitrogen and oxygen atoms in total. The van der Waals surface area contributed by atoms with Crippen LogP contribution >= 0.6 is 45.7 Å². The zero-order valence-electron chi connectivity index (χ0n) is 16.8. The Morgan fingerprint density at radius 3 is 2.66 bits per heavy atom. The molecule has 0 aliphatic rings. The van der Waals surface area contributed by atoms with Gasteiger partial charge in [0, 0.05) is 19.8 Å². The van der Waals surface area contributed by atoms with Crippen molar-refractivity contribution in [2.75, 3.05) is 11.1 Å². The van der Waals surface area contributed by atoms with E-state index >= 15 is 0 Å². The Bertz CT molecular complexity index is 1180. The van der Waals surface area contributed by atoms with Gasteiger partial charge in [0.25, 0.3) is 5.91 Å². The molecule has 0 aliphatic heterocycles. The molecule has 1 amide bonds. The summed E-state index contributed by atoms with van der Waals surface area (Å²) >= 11 is 5.16. The van der Waals surface area contributed by atoms with Gasteiger partial charge in [0.2, 0.25) is 0 Å². The van der Waals surface area contributed by atoms with E-state index in [4.69, 9.17) is 0 Å². The third kappa shape index (κ3) is 6.17. The molecule has 0 spiro atoms. The van der Waals surface area contributed by atoms with Crippen LogP contribution in [0.3, 0.4) is 0 Å². The number of rotatable bonds is 9. The van der Waals surface area contributed by atoms with Crippen molar-refractivity contribution in [1.82, 2.24) is 20.2 Å². The molecule has 4 aromatic rings. The Hall–Kier alpha value is -2.70. The number of thiophene rings is 1. The monoisotopic (exact) mass is 574 g/mol. The molecule has 0 aliphatic carbocycles. The van der Waals surface area contributed by atoms with E-state index in [9.17, 15) is 4.79 Å². The topological polar surface area (TPSA) is 84.2 Å². The molecule has 0 saturated heterocycles. The largest absolute Gasteiger partial charge is 0.378 e. The molecule has 2 aromatic heterocycles. The van der Waals surface area contributed by atoms with Crippen molar-refractivity contribution in [3.63, 3.8) is 0 Å². The zero-order valence-corrected chi connectivity index (χ0v) is 20.6. The Morgan fingerprint density at radius 2 is 1.91 bits per heavy atom. The van der Waals surface area contributed by atoms with Crippen molar-refractivity contribution in [2.45, 2.75) is 11.7 Å². The number of benzene rings is 2. The van der Waals surface area contributed by atoms with Gasteiger partial charge in [-0.15, -0.1) is 21.5 Å². The summed E-state index contributed by atoms with van der Waals surface area (Å²) in [6.45, 7) is 0.500. The highest BCUT2D eigenvalue weighted by atomic mass is 127. The van der Waals surface area contributed by atoms with Gasteiger partial charge in [-0.1, -0.05) is 36.0 Å².